The molecule has 0 saturated heterocycles. The first-order valence-corrected chi connectivity index (χ1v) is 18.5. The van der Waals surface area contributed by atoms with Crippen molar-refractivity contribution in [2.75, 3.05) is 19.8 Å². The molecule has 0 heterocycles. The van der Waals surface area contributed by atoms with Crippen LogP contribution in [-0.2, 0) is 32.7 Å². The van der Waals surface area contributed by atoms with Gasteiger partial charge in [0.15, 0.2) is 6.04 Å². The first kappa shape index (κ1) is 43.7. The number of unbranched alkanes of at least 4 members (excludes halogenated alkanes) is 11. The zero-order valence-electron chi connectivity index (χ0n) is 28.1. The van der Waals surface area contributed by atoms with E-state index in [-0.39, 0.29) is 12.8 Å². The van der Waals surface area contributed by atoms with E-state index in [2.05, 4.69) is 60.1 Å². The molecule has 12 heteroatoms. The van der Waals surface area contributed by atoms with E-state index in [1.54, 1.807) is 0 Å². The number of hydrogen-bond donors (Lipinski definition) is 4. The fraction of sp³-hybridized carbons (Fsp3) is 0.735. The van der Waals surface area contributed by atoms with Gasteiger partial charge in [0, 0.05) is 12.8 Å². The van der Waals surface area contributed by atoms with E-state index >= 15 is 0 Å². The maximum atomic E-state index is 12.2. The summed E-state index contributed by atoms with van der Waals surface area (Å²) in [6.07, 6.45) is 28.0. The van der Waals surface area contributed by atoms with Crippen LogP contribution in [0.2, 0.25) is 0 Å². The molecule has 3 unspecified atom stereocenters. The molecule has 0 fully saturated rings. The monoisotopic (exact) mass is 673 g/mol. The topological polar surface area (TPSA) is 169 Å². The van der Waals surface area contributed by atoms with E-state index in [9.17, 15) is 34.1 Å². The molecule has 11 nitrogen and oxygen atoms in total. The van der Waals surface area contributed by atoms with Gasteiger partial charge in [-0.25, -0.2) is 9.36 Å². The summed E-state index contributed by atoms with van der Waals surface area (Å²) in [7, 11) is -4.74. The molecular weight excluding hydrogens is 613 g/mol. The summed E-state index contributed by atoms with van der Waals surface area (Å²) in [6, 6.07) is -1.55. The molecule has 0 rings (SSSR count). The SMILES string of the molecule is CC/C=C\C/C=C\C/C=C\CCCCCCCCCC(=O)NC(COP(=O)(O)OCC(O)COC(=O)CCCCCCC)C(=O)O. The van der Waals surface area contributed by atoms with Crippen LogP contribution in [0.5, 0.6) is 0 Å². The number of nitrogens with one attached hydrogen (secondary N) is 1. The van der Waals surface area contributed by atoms with Crippen molar-refractivity contribution >= 4 is 25.7 Å². The second-order valence-corrected chi connectivity index (χ2v) is 12.8. The van der Waals surface area contributed by atoms with Gasteiger partial charge < -0.3 is 25.2 Å². The summed E-state index contributed by atoms with van der Waals surface area (Å²) in [4.78, 5) is 45.3. The third-order valence-corrected chi connectivity index (χ3v) is 7.89. The molecule has 266 valence electrons. The molecule has 46 heavy (non-hydrogen) atoms. The fourth-order valence-electron chi connectivity index (χ4n) is 4.27. The van der Waals surface area contributed by atoms with Crippen LogP contribution in [0.1, 0.15) is 129 Å². The molecule has 0 aromatic heterocycles. The van der Waals surface area contributed by atoms with Crippen LogP contribution in [0.4, 0.5) is 0 Å². The Labute approximate surface area is 276 Å². The van der Waals surface area contributed by atoms with Crippen LogP contribution < -0.4 is 5.32 Å². The quantitative estimate of drug-likeness (QED) is 0.0253. The molecule has 0 aromatic rings. The first-order chi connectivity index (χ1) is 22.1. The van der Waals surface area contributed by atoms with Crippen molar-refractivity contribution in [3.05, 3.63) is 36.5 Å². The van der Waals surface area contributed by atoms with Gasteiger partial charge in [-0.2, -0.15) is 0 Å². The second-order valence-electron chi connectivity index (χ2n) is 11.3. The normalized spacial score (nSPS) is 14.5. The summed E-state index contributed by atoms with van der Waals surface area (Å²) < 4.78 is 26.5. The standard InChI is InChI=1S/C34H60NO10P/c1-3-5-7-9-10-11-12-13-14-15-16-17-18-19-20-22-23-25-32(37)35-31(34(39)40)29-45-46(41,42)44-28-30(36)27-43-33(38)26-24-21-8-6-4-2/h5,7,10-11,13-14,30-31,36H,3-4,6,8-9,12,15-29H2,1-2H3,(H,35,37)(H,39,40)(H,41,42)/b7-5-,11-10-,14-13-. The number of rotatable bonds is 31. The number of carboxylic acid groups (broad SMARTS) is 1. The molecule has 0 aromatic carbocycles. The number of esters is 1. The highest BCUT2D eigenvalue weighted by atomic mass is 31.2. The fourth-order valence-corrected chi connectivity index (χ4v) is 5.04. The Balaban J connectivity index is 4.01. The van der Waals surface area contributed by atoms with Gasteiger partial charge >= 0.3 is 19.8 Å². The van der Waals surface area contributed by atoms with E-state index in [0.717, 1.165) is 89.9 Å². The van der Waals surface area contributed by atoms with Crippen LogP contribution in [0, 0.1) is 0 Å². The Bertz CT molecular complexity index is 937. The molecule has 0 radical (unpaired) electrons. The number of phosphoric acid groups is 1. The van der Waals surface area contributed by atoms with Crippen molar-refractivity contribution in [1.82, 2.24) is 5.32 Å². The van der Waals surface area contributed by atoms with Crippen molar-refractivity contribution in [2.45, 2.75) is 142 Å². The Morgan fingerprint density at radius 2 is 1.26 bits per heavy atom. The number of ether oxygens (including phenoxy) is 1. The molecule has 0 bridgehead atoms. The molecule has 4 N–H and O–H groups in total. The van der Waals surface area contributed by atoms with Gasteiger partial charge in [0.25, 0.3) is 0 Å². The van der Waals surface area contributed by atoms with E-state index in [4.69, 9.17) is 9.26 Å². The van der Waals surface area contributed by atoms with Crippen LogP contribution in [0.15, 0.2) is 36.5 Å². The van der Waals surface area contributed by atoms with Crippen LogP contribution >= 0.6 is 7.82 Å². The molecule has 3 atom stereocenters. The van der Waals surface area contributed by atoms with Gasteiger partial charge in [-0.1, -0.05) is 108 Å². The minimum absolute atomic E-state index is 0.134. The summed E-state index contributed by atoms with van der Waals surface area (Å²) in [5.41, 5.74) is 0. The Morgan fingerprint density at radius 1 is 0.717 bits per heavy atom. The number of phosphoric ester groups is 1. The van der Waals surface area contributed by atoms with Gasteiger partial charge in [0.05, 0.1) is 13.2 Å². The minimum atomic E-state index is -4.74. The number of amides is 1. The van der Waals surface area contributed by atoms with Gasteiger partial charge in [-0.05, 0) is 44.9 Å². The summed E-state index contributed by atoms with van der Waals surface area (Å²) in [6.45, 7) is 2.32. The number of aliphatic hydroxyl groups is 1. The summed E-state index contributed by atoms with van der Waals surface area (Å²) in [5.74, 6) is -2.41. The lowest BCUT2D eigenvalue weighted by Crippen LogP contribution is -2.43. The number of allylic oxidation sites excluding steroid dienone is 6. The molecule has 0 aliphatic heterocycles. The molecular formula is C34H60NO10P. The van der Waals surface area contributed by atoms with Gasteiger partial charge in [0.1, 0.15) is 12.7 Å². The number of carboxylic acids is 1. The zero-order chi connectivity index (χ0) is 34.3. The predicted octanol–water partition coefficient (Wildman–Crippen LogP) is 7.32. The van der Waals surface area contributed by atoms with Crippen molar-refractivity contribution in [2.24, 2.45) is 0 Å². The maximum Gasteiger partial charge on any atom is 0.472 e. The third kappa shape index (κ3) is 29.1. The third-order valence-electron chi connectivity index (χ3n) is 6.94. The van der Waals surface area contributed by atoms with Crippen LogP contribution in [0.25, 0.3) is 0 Å². The van der Waals surface area contributed by atoms with E-state index in [1.165, 1.54) is 0 Å². The van der Waals surface area contributed by atoms with Crippen molar-refractivity contribution in [3.63, 3.8) is 0 Å². The Hall–Kier alpha value is -2.30. The Morgan fingerprint density at radius 3 is 1.89 bits per heavy atom. The highest BCUT2D eigenvalue weighted by Crippen LogP contribution is 2.43. The van der Waals surface area contributed by atoms with E-state index in [0.29, 0.717) is 12.8 Å². The lowest BCUT2D eigenvalue weighted by molar-refractivity contribution is -0.147. The lowest BCUT2D eigenvalue weighted by Gasteiger charge is -2.18. The van der Waals surface area contributed by atoms with Crippen molar-refractivity contribution in [3.8, 4) is 0 Å². The summed E-state index contributed by atoms with van der Waals surface area (Å²) in [5, 5.41) is 21.6. The van der Waals surface area contributed by atoms with Crippen molar-refractivity contribution < 1.29 is 47.8 Å². The molecule has 0 spiro atoms. The average molecular weight is 674 g/mol. The smallest absolute Gasteiger partial charge is 0.472 e. The molecule has 0 saturated carbocycles. The zero-order valence-corrected chi connectivity index (χ0v) is 29.0. The second kappa shape index (κ2) is 30.1. The van der Waals surface area contributed by atoms with Crippen LogP contribution in [-0.4, -0.2) is 64.9 Å². The van der Waals surface area contributed by atoms with Crippen molar-refractivity contribution in [1.29, 1.82) is 0 Å². The lowest BCUT2D eigenvalue weighted by atomic mass is 10.1. The van der Waals surface area contributed by atoms with E-state index in [1.807, 2.05) is 0 Å². The molecule has 1 amide bonds. The van der Waals surface area contributed by atoms with Gasteiger partial charge in [0.2, 0.25) is 5.91 Å². The minimum Gasteiger partial charge on any atom is -0.480 e. The maximum absolute atomic E-state index is 12.2. The van der Waals surface area contributed by atoms with Gasteiger partial charge in [-0.3, -0.25) is 18.6 Å². The summed E-state index contributed by atoms with van der Waals surface area (Å²) >= 11 is 0. The molecule has 0 aliphatic rings. The largest absolute Gasteiger partial charge is 0.480 e. The number of carbonyl (C=O) groups excluding carboxylic acids is 2. The number of aliphatic carboxylic acids is 1. The highest BCUT2D eigenvalue weighted by Gasteiger charge is 2.28. The number of carbonyl (C=O) groups is 3. The first-order valence-electron chi connectivity index (χ1n) is 17.0. The number of aliphatic hydroxyl groups excluding tert-OH is 1. The number of hydrogen-bond acceptors (Lipinski definition) is 8. The molecule has 0 aliphatic carbocycles. The highest BCUT2D eigenvalue weighted by molar-refractivity contribution is 7.47. The van der Waals surface area contributed by atoms with E-state index < -0.39 is 57.6 Å². The predicted molar refractivity (Wildman–Crippen MR) is 180 cm³/mol. The van der Waals surface area contributed by atoms with Crippen LogP contribution in [0.3, 0.4) is 0 Å². The average Bonchev–Trinajstić information content (AvgIpc) is 3.02. The van der Waals surface area contributed by atoms with Gasteiger partial charge in [-0.15, -0.1) is 0 Å². The Kier molecular flexibility index (Phi) is 28.6.